The highest BCUT2D eigenvalue weighted by molar-refractivity contribution is 6.30. The predicted molar refractivity (Wildman–Crippen MR) is 81.8 cm³/mol. The Morgan fingerprint density at radius 1 is 1.15 bits per heavy atom. The van der Waals surface area contributed by atoms with E-state index in [4.69, 9.17) is 21.9 Å². The zero-order valence-electron chi connectivity index (χ0n) is 11.7. The van der Waals surface area contributed by atoms with Gasteiger partial charge in [0.2, 0.25) is 0 Å². The maximum atomic E-state index is 6.04. The largest absolute Gasteiger partial charge is 0.380 e. The molecule has 0 aliphatic heterocycles. The van der Waals surface area contributed by atoms with Gasteiger partial charge in [-0.15, -0.1) is 0 Å². The van der Waals surface area contributed by atoms with Crippen molar-refractivity contribution >= 4 is 17.4 Å². The molecule has 4 heteroatoms. The minimum absolute atomic E-state index is 0.0395. The smallest absolute Gasteiger partial charge is 0.175 e. The van der Waals surface area contributed by atoms with E-state index in [1.54, 1.807) is 0 Å². The van der Waals surface area contributed by atoms with Crippen LogP contribution in [0.1, 0.15) is 44.8 Å². The molecule has 20 heavy (non-hydrogen) atoms. The average molecular weight is 291 g/mol. The van der Waals surface area contributed by atoms with Crippen LogP contribution in [0.25, 0.3) is 11.1 Å². The van der Waals surface area contributed by atoms with Crippen LogP contribution in [-0.4, -0.2) is 5.16 Å². The van der Waals surface area contributed by atoms with Crippen LogP contribution in [0, 0.1) is 0 Å². The van der Waals surface area contributed by atoms with Crippen molar-refractivity contribution in [2.45, 2.75) is 44.4 Å². The molecule has 1 saturated carbocycles. The van der Waals surface area contributed by atoms with Gasteiger partial charge in [0.25, 0.3) is 0 Å². The van der Waals surface area contributed by atoms with Gasteiger partial charge in [-0.3, -0.25) is 0 Å². The summed E-state index contributed by atoms with van der Waals surface area (Å²) in [7, 11) is 0. The molecule has 2 N–H and O–H groups in total. The van der Waals surface area contributed by atoms with Gasteiger partial charge in [-0.1, -0.05) is 55.1 Å². The van der Waals surface area contributed by atoms with Gasteiger partial charge in [-0.25, -0.2) is 0 Å². The van der Waals surface area contributed by atoms with Crippen LogP contribution in [0.15, 0.2) is 28.8 Å². The Morgan fingerprint density at radius 3 is 2.45 bits per heavy atom. The first-order chi connectivity index (χ1) is 9.60. The van der Waals surface area contributed by atoms with Gasteiger partial charge in [0.1, 0.15) is 0 Å². The fourth-order valence-corrected chi connectivity index (χ4v) is 3.30. The van der Waals surface area contributed by atoms with Gasteiger partial charge in [-0.05, 0) is 30.5 Å². The summed E-state index contributed by atoms with van der Waals surface area (Å²) in [5, 5.41) is 4.72. The molecule has 1 aromatic carbocycles. The van der Waals surface area contributed by atoms with E-state index in [1.807, 2.05) is 24.3 Å². The molecule has 1 heterocycles. The Balaban J connectivity index is 2.07. The molecule has 2 aromatic rings. The summed E-state index contributed by atoms with van der Waals surface area (Å²) >= 11 is 5.96. The molecular weight excluding hydrogens is 272 g/mol. The highest BCUT2D eigenvalue weighted by Gasteiger charge is 2.36. The molecule has 0 saturated heterocycles. The molecule has 1 aliphatic carbocycles. The second-order valence-electron chi connectivity index (χ2n) is 5.90. The zero-order valence-corrected chi connectivity index (χ0v) is 12.4. The molecule has 1 aliphatic rings. The lowest BCUT2D eigenvalue weighted by Crippen LogP contribution is -2.25. The van der Waals surface area contributed by atoms with E-state index >= 15 is 0 Å². The van der Waals surface area contributed by atoms with E-state index < -0.39 is 0 Å². The normalized spacial score (nSPS) is 18.1. The van der Waals surface area contributed by atoms with Gasteiger partial charge in [0.05, 0.1) is 5.56 Å². The van der Waals surface area contributed by atoms with Crippen LogP contribution in [0.4, 0.5) is 5.82 Å². The summed E-state index contributed by atoms with van der Waals surface area (Å²) in [6.07, 6.45) is 6.02. The SMILES string of the molecule is CC1(c2onc(N)c2-c2ccc(Cl)cc2)CCCCC1. The van der Waals surface area contributed by atoms with E-state index in [0.717, 1.165) is 29.7 Å². The standard InChI is InChI=1S/C16H19ClN2O/c1-16(9-3-2-4-10-16)14-13(15(18)19-20-14)11-5-7-12(17)8-6-11/h5-8H,2-4,9-10H2,1H3,(H2,18,19). The molecule has 0 bridgehead atoms. The third kappa shape index (κ3) is 2.31. The lowest BCUT2D eigenvalue weighted by atomic mass is 9.72. The number of anilines is 1. The quantitative estimate of drug-likeness (QED) is 0.864. The summed E-state index contributed by atoms with van der Waals surface area (Å²) in [5.74, 6) is 1.39. The summed E-state index contributed by atoms with van der Waals surface area (Å²) in [6.45, 7) is 2.26. The minimum Gasteiger partial charge on any atom is -0.380 e. The van der Waals surface area contributed by atoms with Crippen LogP contribution < -0.4 is 5.73 Å². The van der Waals surface area contributed by atoms with Gasteiger partial charge >= 0.3 is 0 Å². The molecule has 0 amide bonds. The van der Waals surface area contributed by atoms with Crippen molar-refractivity contribution in [1.29, 1.82) is 0 Å². The molecule has 1 fully saturated rings. The molecule has 0 unspecified atom stereocenters. The third-order valence-corrected chi connectivity index (χ3v) is 4.61. The van der Waals surface area contributed by atoms with Gasteiger partial charge in [0, 0.05) is 10.4 Å². The third-order valence-electron chi connectivity index (χ3n) is 4.36. The number of hydrogen-bond acceptors (Lipinski definition) is 3. The first-order valence-corrected chi connectivity index (χ1v) is 7.49. The zero-order chi connectivity index (χ0) is 14.2. The summed E-state index contributed by atoms with van der Waals surface area (Å²) in [4.78, 5) is 0. The molecule has 106 valence electrons. The predicted octanol–water partition coefficient (Wildman–Crippen LogP) is 4.80. The fraction of sp³-hybridized carbons (Fsp3) is 0.438. The van der Waals surface area contributed by atoms with Crippen LogP contribution in [0.2, 0.25) is 5.02 Å². The molecular formula is C16H19ClN2O. The molecule has 0 atom stereocenters. The molecule has 3 nitrogen and oxygen atoms in total. The highest BCUT2D eigenvalue weighted by atomic mass is 35.5. The van der Waals surface area contributed by atoms with E-state index in [0.29, 0.717) is 10.8 Å². The van der Waals surface area contributed by atoms with Crippen LogP contribution in [-0.2, 0) is 5.41 Å². The Morgan fingerprint density at radius 2 is 1.80 bits per heavy atom. The van der Waals surface area contributed by atoms with Crippen molar-refractivity contribution in [1.82, 2.24) is 5.16 Å². The molecule has 0 radical (unpaired) electrons. The number of nitrogens with zero attached hydrogens (tertiary/aromatic N) is 1. The first kappa shape index (κ1) is 13.5. The van der Waals surface area contributed by atoms with Gasteiger partial charge < -0.3 is 10.3 Å². The second-order valence-corrected chi connectivity index (χ2v) is 6.34. The Labute approximate surface area is 124 Å². The monoisotopic (exact) mass is 290 g/mol. The first-order valence-electron chi connectivity index (χ1n) is 7.12. The maximum Gasteiger partial charge on any atom is 0.175 e. The van der Waals surface area contributed by atoms with Gasteiger partial charge in [-0.2, -0.15) is 0 Å². The number of rotatable bonds is 2. The summed E-state index contributed by atoms with van der Waals surface area (Å²) in [5.41, 5.74) is 8.04. The van der Waals surface area contributed by atoms with Crippen molar-refractivity contribution < 1.29 is 4.52 Å². The number of aromatic nitrogens is 1. The molecule has 3 rings (SSSR count). The second kappa shape index (κ2) is 5.13. The Hall–Kier alpha value is -1.48. The van der Waals surface area contributed by atoms with E-state index in [-0.39, 0.29) is 5.41 Å². The Bertz CT molecular complexity index is 597. The minimum atomic E-state index is 0.0395. The van der Waals surface area contributed by atoms with E-state index in [9.17, 15) is 0 Å². The van der Waals surface area contributed by atoms with Crippen molar-refractivity contribution in [3.63, 3.8) is 0 Å². The number of benzene rings is 1. The van der Waals surface area contributed by atoms with Crippen LogP contribution in [0.3, 0.4) is 0 Å². The average Bonchev–Trinajstić information content (AvgIpc) is 2.83. The van der Waals surface area contributed by atoms with Crippen LogP contribution >= 0.6 is 11.6 Å². The Kier molecular flexibility index (Phi) is 3.47. The van der Waals surface area contributed by atoms with E-state index in [2.05, 4.69) is 12.1 Å². The lowest BCUT2D eigenvalue weighted by Gasteiger charge is -2.31. The maximum absolute atomic E-state index is 6.04. The van der Waals surface area contributed by atoms with E-state index in [1.165, 1.54) is 19.3 Å². The van der Waals surface area contributed by atoms with Crippen molar-refractivity contribution in [3.05, 3.63) is 35.0 Å². The summed E-state index contributed by atoms with van der Waals surface area (Å²) in [6, 6.07) is 7.69. The molecule has 1 aromatic heterocycles. The lowest BCUT2D eigenvalue weighted by molar-refractivity contribution is 0.242. The summed E-state index contributed by atoms with van der Waals surface area (Å²) < 4.78 is 5.61. The van der Waals surface area contributed by atoms with Gasteiger partial charge in [0.15, 0.2) is 11.6 Å². The highest BCUT2D eigenvalue weighted by Crippen LogP contribution is 2.45. The van der Waals surface area contributed by atoms with Crippen molar-refractivity contribution in [2.75, 3.05) is 5.73 Å². The van der Waals surface area contributed by atoms with Crippen molar-refractivity contribution in [3.8, 4) is 11.1 Å². The number of nitrogen functional groups attached to an aromatic ring is 1. The van der Waals surface area contributed by atoms with Crippen LogP contribution in [0.5, 0.6) is 0 Å². The fourth-order valence-electron chi connectivity index (χ4n) is 3.17. The number of halogens is 1. The molecule has 0 spiro atoms. The number of nitrogens with two attached hydrogens (primary N) is 1. The number of hydrogen-bond donors (Lipinski definition) is 1. The topological polar surface area (TPSA) is 52.0 Å². The van der Waals surface area contributed by atoms with Crippen molar-refractivity contribution in [2.24, 2.45) is 0 Å².